The van der Waals surface area contributed by atoms with Crippen LogP contribution in [0.5, 0.6) is 0 Å². The highest BCUT2D eigenvalue weighted by molar-refractivity contribution is 5.89. The average Bonchev–Trinajstić information content (AvgIpc) is 2.36. The minimum atomic E-state index is -4.25. The van der Waals surface area contributed by atoms with Crippen molar-refractivity contribution >= 4 is 11.7 Å². The molecular formula is C11H13F4N3O. The fraction of sp³-hybridized carbons (Fsp3) is 0.364. The quantitative estimate of drug-likeness (QED) is 0.723. The Kier molecular flexibility index (Phi) is 5.11. The predicted molar refractivity (Wildman–Crippen MR) is 62.3 cm³/mol. The SMILES string of the molecule is NCc1cccc(NC(=O)NCC(F)(F)C(F)F)c1. The molecular weight excluding hydrogens is 266 g/mol. The summed E-state index contributed by atoms with van der Waals surface area (Å²) in [7, 11) is 0. The molecule has 1 aromatic carbocycles. The van der Waals surface area contributed by atoms with Crippen LogP contribution in [0.4, 0.5) is 28.0 Å². The first-order chi connectivity index (χ1) is 8.85. The number of nitrogens with one attached hydrogen (secondary N) is 2. The third kappa shape index (κ3) is 4.74. The first-order valence-corrected chi connectivity index (χ1v) is 5.35. The van der Waals surface area contributed by atoms with Gasteiger partial charge in [-0.15, -0.1) is 0 Å². The summed E-state index contributed by atoms with van der Waals surface area (Å²) in [6.07, 6.45) is -3.83. The molecule has 0 atom stereocenters. The number of rotatable bonds is 5. The van der Waals surface area contributed by atoms with Gasteiger partial charge in [-0.1, -0.05) is 12.1 Å². The summed E-state index contributed by atoms with van der Waals surface area (Å²) in [6, 6.07) is 5.41. The second-order valence-corrected chi connectivity index (χ2v) is 3.77. The lowest BCUT2D eigenvalue weighted by molar-refractivity contribution is -0.123. The third-order valence-corrected chi connectivity index (χ3v) is 2.22. The van der Waals surface area contributed by atoms with Crippen molar-refractivity contribution in [2.24, 2.45) is 5.73 Å². The number of halogens is 4. The molecule has 1 aromatic rings. The molecule has 0 aliphatic heterocycles. The van der Waals surface area contributed by atoms with Gasteiger partial charge < -0.3 is 16.4 Å². The Bertz CT molecular complexity index is 440. The average molecular weight is 279 g/mol. The van der Waals surface area contributed by atoms with Crippen LogP contribution in [0.2, 0.25) is 0 Å². The highest BCUT2D eigenvalue weighted by Crippen LogP contribution is 2.21. The first kappa shape index (κ1) is 15.2. The number of urea groups is 1. The van der Waals surface area contributed by atoms with Crippen LogP contribution in [-0.2, 0) is 6.54 Å². The topological polar surface area (TPSA) is 67.1 Å². The van der Waals surface area contributed by atoms with E-state index in [9.17, 15) is 22.4 Å². The molecule has 19 heavy (non-hydrogen) atoms. The molecule has 0 spiro atoms. The number of nitrogens with two attached hydrogens (primary N) is 1. The number of carbonyl (C=O) groups excluding carboxylic acids is 1. The van der Waals surface area contributed by atoms with Crippen LogP contribution < -0.4 is 16.4 Å². The van der Waals surface area contributed by atoms with Crippen molar-refractivity contribution in [1.82, 2.24) is 5.32 Å². The van der Waals surface area contributed by atoms with Gasteiger partial charge in [-0.05, 0) is 17.7 Å². The molecule has 0 heterocycles. The minimum Gasteiger partial charge on any atom is -0.332 e. The molecule has 8 heteroatoms. The molecule has 0 aliphatic carbocycles. The Hall–Kier alpha value is -1.83. The Balaban J connectivity index is 2.51. The number of amides is 2. The smallest absolute Gasteiger partial charge is 0.324 e. The van der Waals surface area contributed by atoms with Crippen molar-refractivity contribution < 1.29 is 22.4 Å². The summed E-state index contributed by atoms with van der Waals surface area (Å²) in [5, 5.41) is 3.92. The van der Waals surface area contributed by atoms with E-state index in [1.807, 2.05) is 0 Å². The van der Waals surface area contributed by atoms with Gasteiger partial charge in [0.25, 0.3) is 0 Å². The molecule has 4 nitrogen and oxygen atoms in total. The second-order valence-electron chi connectivity index (χ2n) is 3.77. The van der Waals surface area contributed by atoms with E-state index < -0.39 is 24.9 Å². The molecule has 4 N–H and O–H groups in total. The maximum absolute atomic E-state index is 12.6. The van der Waals surface area contributed by atoms with E-state index in [1.54, 1.807) is 23.5 Å². The first-order valence-electron chi connectivity index (χ1n) is 5.35. The Morgan fingerprint density at radius 3 is 2.63 bits per heavy atom. The highest BCUT2D eigenvalue weighted by Gasteiger charge is 2.40. The Morgan fingerprint density at radius 1 is 1.37 bits per heavy atom. The van der Waals surface area contributed by atoms with Gasteiger partial charge in [-0.2, -0.15) is 8.78 Å². The van der Waals surface area contributed by atoms with Crippen molar-refractivity contribution in [3.05, 3.63) is 29.8 Å². The number of hydrogen-bond acceptors (Lipinski definition) is 2. The van der Waals surface area contributed by atoms with Crippen LogP contribution in [0.15, 0.2) is 24.3 Å². The fourth-order valence-corrected chi connectivity index (χ4v) is 1.23. The number of hydrogen-bond donors (Lipinski definition) is 3. The summed E-state index contributed by atoms with van der Waals surface area (Å²) in [4.78, 5) is 11.2. The van der Waals surface area contributed by atoms with Crippen molar-refractivity contribution in [2.75, 3.05) is 11.9 Å². The molecule has 2 amide bonds. The molecule has 0 saturated heterocycles. The van der Waals surface area contributed by atoms with Crippen molar-refractivity contribution in [3.8, 4) is 0 Å². The molecule has 0 radical (unpaired) electrons. The summed E-state index contributed by atoms with van der Waals surface area (Å²) < 4.78 is 48.8. The molecule has 0 bridgehead atoms. The zero-order valence-electron chi connectivity index (χ0n) is 9.80. The summed E-state index contributed by atoms with van der Waals surface area (Å²) in [5.74, 6) is -4.25. The molecule has 0 unspecified atom stereocenters. The van der Waals surface area contributed by atoms with Crippen LogP contribution in [0.3, 0.4) is 0 Å². The number of benzene rings is 1. The van der Waals surface area contributed by atoms with Gasteiger partial charge in [0.2, 0.25) is 0 Å². The van der Waals surface area contributed by atoms with Crippen LogP contribution in [0.1, 0.15) is 5.56 Å². The third-order valence-electron chi connectivity index (χ3n) is 2.22. The Morgan fingerprint density at radius 2 is 2.05 bits per heavy atom. The van der Waals surface area contributed by atoms with Gasteiger partial charge in [-0.3, -0.25) is 0 Å². The van der Waals surface area contributed by atoms with E-state index in [2.05, 4.69) is 5.32 Å². The van der Waals surface area contributed by atoms with E-state index in [-0.39, 0.29) is 6.54 Å². The Labute approximate surface area is 107 Å². The maximum atomic E-state index is 12.6. The van der Waals surface area contributed by atoms with E-state index in [4.69, 9.17) is 5.73 Å². The van der Waals surface area contributed by atoms with Crippen molar-refractivity contribution in [1.29, 1.82) is 0 Å². The van der Waals surface area contributed by atoms with Crippen LogP contribution >= 0.6 is 0 Å². The van der Waals surface area contributed by atoms with Gasteiger partial charge in [0.1, 0.15) is 0 Å². The second kappa shape index (κ2) is 6.37. The molecule has 1 rings (SSSR count). The molecule has 0 aromatic heterocycles. The van der Waals surface area contributed by atoms with E-state index in [0.29, 0.717) is 5.69 Å². The van der Waals surface area contributed by atoms with E-state index >= 15 is 0 Å². The molecule has 0 saturated carbocycles. The standard InChI is InChI=1S/C11H13F4N3O/c12-9(13)11(14,15)6-17-10(19)18-8-3-1-2-7(4-8)5-16/h1-4,9H,5-6,16H2,(H2,17,18,19). The van der Waals surface area contributed by atoms with Gasteiger partial charge in [0.15, 0.2) is 0 Å². The van der Waals surface area contributed by atoms with Crippen molar-refractivity contribution in [3.63, 3.8) is 0 Å². The summed E-state index contributed by atoms with van der Waals surface area (Å²) >= 11 is 0. The number of alkyl halides is 4. The van der Waals surface area contributed by atoms with E-state index in [0.717, 1.165) is 5.56 Å². The maximum Gasteiger partial charge on any atom is 0.324 e. The van der Waals surface area contributed by atoms with Crippen molar-refractivity contribution in [2.45, 2.75) is 18.9 Å². The van der Waals surface area contributed by atoms with Crippen LogP contribution in [0.25, 0.3) is 0 Å². The van der Waals surface area contributed by atoms with Gasteiger partial charge in [-0.25, -0.2) is 13.6 Å². The summed E-state index contributed by atoms with van der Waals surface area (Å²) in [5.41, 5.74) is 6.45. The van der Waals surface area contributed by atoms with Gasteiger partial charge in [0.05, 0.1) is 6.54 Å². The molecule has 0 aliphatic rings. The lowest BCUT2D eigenvalue weighted by Crippen LogP contribution is -2.42. The largest absolute Gasteiger partial charge is 0.332 e. The zero-order chi connectivity index (χ0) is 14.5. The normalized spacial score (nSPS) is 11.5. The highest BCUT2D eigenvalue weighted by atomic mass is 19.3. The number of carbonyl (C=O) groups is 1. The van der Waals surface area contributed by atoms with E-state index in [1.165, 1.54) is 6.07 Å². The van der Waals surface area contributed by atoms with Crippen LogP contribution in [-0.4, -0.2) is 24.9 Å². The van der Waals surface area contributed by atoms with Gasteiger partial charge >= 0.3 is 18.4 Å². The van der Waals surface area contributed by atoms with Crippen LogP contribution in [0, 0.1) is 0 Å². The minimum absolute atomic E-state index is 0.251. The monoisotopic (exact) mass is 279 g/mol. The fourth-order valence-electron chi connectivity index (χ4n) is 1.23. The zero-order valence-corrected chi connectivity index (χ0v) is 9.80. The lowest BCUT2D eigenvalue weighted by atomic mass is 10.2. The predicted octanol–water partition coefficient (Wildman–Crippen LogP) is 2.17. The lowest BCUT2D eigenvalue weighted by Gasteiger charge is -2.16. The van der Waals surface area contributed by atoms with Gasteiger partial charge in [0, 0.05) is 12.2 Å². The molecule has 0 fully saturated rings. The number of anilines is 1. The molecule has 106 valence electrons. The summed E-state index contributed by atoms with van der Waals surface area (Å²) in [6.45, 7) is -1.19.